The van der Waals surface area contributed by atoms with Crippen LogP contribution in [0, 0.1) is 11.3 Å². The van der Waals surface area contributed by atoms with Crippen molar-refractivity contribution in [2.24, 2.45) is 11.3 Å². The lowest BCUT2D eigenvalue weighted by Crippen LogP contribution is -2.46. The van der Waals surface area contributed by atoms with E-state index in [9.17, 15) is 4.79 Å². The summed E-state index contributed by atoms with van der Waals surface area (Å²) in [5.74, 6) is 1.10. The molecule has 2 atom stereocenters. The van der Waals surface area contributed by atoms with Crippen LogP contribution in [0.4, 0.5) is 0 Å². The maximum atomic E-state index is 12.8. The highest BCUT2D eigenvalue weighted by Gasteiger charge is 2.45. The van der Waals surface area contributed by atoms with Gasteiger partial charge >= 0.3 is 0 Å². The number of amides is 1. The van der Waals surface area contributed by atoms with Gasteiger partial charge in [-0.2, -0.15) is 0 Å². The van der Waals surface area contributed by atoms with Crippen LogP contribution in [0.1, 0.15) is 52.4 Å². The van der Waals surface area contributed by atoms with E-state index >= 15 is 0 Å². The second-order valence-electron chi connectivity index (χ2n) is 5.83. The maximum Gasteiger partial charge on any atom is 0.229 e. The highest BCUT2D eigenvalue weighted by Crippen LogP contribution is 2.44. The first-order valence-corrected chi connectivity index (χ1v) is 8.14. The summed E-state index contributed by atoms with van der Waals surface area (Å²) in [6.45, 7) is 5.43. The molecule has 2 rings (SSSR count). The van der Waals surface area contributed by atoms with Gasteiger partial charge in [0.1, 0.15) is 0 Å². The molecule has 0 aromatic heterocycles. The van der Waals surface area contributed by atoms with Crippen LogP contribution in [0.5, 0.6) is 0 Å². The molecule has 2 nitrogen and oxygen atoms in total. The SMILES string of the molecule is CCC1(C(=O)N2CCC(C)C2CBr)CCCC1. The van der Waals surface area contributed by atoms with Crippen LogP contribution in [-0.2, 0) is 4.79 Å². The molecule has 2 aliphatic rings. The molecular formula is C14H24BrNO. The van der Waals surface area contributed by atoms with Gasteiger partial charge in [-0.3, -0.25) is 4.79 Å². The van der Waals surface area contributed by atoms with E-state index in [-0.39, 0.29) is 5.41 Å². The Kier molecular flexibility index (Phi) is 4.17. The van der Waals surface area contributed by atoms with Gasteiger partial charge in [0.15, 0.2) is 0 Å². The van der Waals surface area contributed by atoms with E-state index < -0.39 is 0 Å². The second kappa shape index (κ2) is 5.29. The summed E-state index contributed by atoms with van der Waals surface area (Å²) in [6, 6.07) is 0.423. The van der Waals surface area contributed by atoms with Gasteiger partial charge in [-0.1, -0.05) is 42.6 Å². The van der Waals surface area contributed by atoms with E-state index in [0.717, 1.165) is 31.1 Å². The van der Waals surface area contributed by atoms with Gasteiger partial charge in [0.2, 0.25) is 5.91 Å². The molecule has 1 heterocycles. The van der Waals surface area contributed by atoms with Gasteiger partial charge in [-0.25, -0.2) is 0 Å². The summed E-state index contributed by atoms with van der Waals surface area (Å²) in [5.41, 5.74) is -0.00944. The number of carbonyl (C=O) groups excluding carboxylic acids is 1. The second-order valence-corrected chi connectivity index (χ2v) is 6.47. The predicted octanol–water partition coefficient (Wildman–Crippen LogP) is 3.59. The average Bonchev–Trinajstić information content (AvgIpc) is 2.95. The molecule has 1 aliphatic carbocycles. The van der Waals surface area contributed by atoms with Crippen molar-refractivity contribution in [1.82, 2.24) is 4.90 Å². The topological polar surface area (TPSA) is 20.3 Å². The zero-order valence-electron chi connectivity index (χ0n) is 11.0. The molecule has 1 saturated carbocycles. The molecule has 98 valence electrons. The molecule has 0 bridgehead atoms. The summed E-state index contributed by atoms with van der Waals surface area (Å²) in [6.07, 6.45) is 6.89. The molecule has 0 radical (unpaired) electrons. The summed E-state index contributed by atoms with van der Waals surface area (Å²) in [5, 5.41) is 0.930. The third kappa shape index (κ3) is 2.27. The first kappa shape index (κ1) is 13.4. The number of alkyl halides is 1. The minimum absolute atomic E-state index is 0.00944. The molecule has 2 fully saturated rings. The standard InChI is InChI=1S/C14H24BrNO/c1-3-14(7-4-5-8-14)13(17)16-9-6-11(2)12(16)10-15/h11-12H,3-10H2,1-2H3. The van der Waals surface area contributed by atoms with Crippen LogP contribution in [0.15, 0.2) is 0 Å². The van der Waals surface area contributed by atoms with Crippen molar-refractivity contribution in [3.63, 3.8) is 0 Å². The molecule has 0 aromatic rings. The van der Waals surface area contributed by atoms with Crippen molar-refractivity contribution in [2.45, 2.75) is 58.4 Å². The molecule has 0 spiro atoms. The molecule has 1 saturated heterocycles. The lowest BCUT2D eigenvalue weighted by molar-refractivity contribution is -0.143. The zero-order chi connectivity index (χ0) is 12.5. The highest BCUT2D eigenvalue weighted by atomic mass is 79.9. The van der Waals surface area contributed by atoms with Crippen LogP contribution in [-0.4, -0.2) is 28.7 Å². The lowest BCUT2D eigenvalue weighted by atomic mass is 9.81. The minimum atomic E-state index is -0.00944. The predicted molar refractivity (Wildman–Crippen MR) is 74.3 cm³/mol. The van der Waals surface area contributed by atoms with Crippen molar-refractivity contribution in [2.75, 3.05) is 11.9 Å². The highest BCUT2D eigenvalue weighted by molar-refractivity contribution is 9.09. The van der Waals surface area contributed by atoms with Gasteiger partial charge in [0.05, 0.1) is 0 Å². The molecule has 17 heavy (non-hydrogen) atoms. The number of hydrogen-bond acceptors (Lipinski definition) is 1. The third-order valence-corrected chi connectivity index (χ3v) is 5.66. The monoisotopic (exact) mass is 301 g/mol. The summed E-state index contributed by atoms with van der Waals surface area (Å²) in [7, 11) is 0. The lowest BCUT2D eigenvalue weighted by Gasteiger charge is -2.35. The molecule has 0 N–H and O–H groups in total. The number of halogens is 1. The number of hydrogen-bond donors (Lipinski definition) is 0. The normalized spacial score (nSPS) is 32.1. The van der Waals surface area contributed by atoms with Gasteiger partial charge in [0.25, 0.3) is 0 Å². The fraction of sp³-hybridized carbons (Fsp3) is 0.929. The number of rotatable bonds is 3. The Hall–Kier alpha value is -0.0500. The minimum Gasteiger partial charge on any atom is -0.338 e. The first-order chi connectivity index (χ1) is 8.14. The van der Waals surface area contributed by atoms with E-state index in [1.807, 2.05) is 0 Å². The van der Waals surface area contributed by atoms with E-state index in [2.05, 4.69) is 34.7 Å². The Morgan fingerprint density at radius 1 is 1.41 bits per heavy atom. The van der Waals surface area contributed by atoms with Gasteiger partial charge in [0, 0.05) is 23.3 Å². The van der Waals surface area contributed by atoms with Crippen molar-refractivity contribution >= 4 is 21.8 Å². The Morgan fingerprint density at radius 3 is 2.59 bits per heavy atom. The van der Waals surface area contributed by atoms with E-state index in [1.165, 1.54) is 19.3 Å². The van der Waals surface area contributed by atoms with Crippen LogP contribution in [0.2, 0.25) is 0 Å². The summed E-state index contributed by atoms with van der Waals surface area (Å²) in [4.78, 5) is 15.0. The van der Waals surface area contributed by atoms with Crippen LogP contribution in [0.3, 0.4) is 0 Å². The van der Waals surface area contributed by atoms with Crippen LogP contribution >= 0.6 is 15.9 Å². The van der Waals surface area contributed by atoms with Gasteiger partial charge < -0.3 is 4.90 Å². The molecular weight excluding hydrogens is 278 g/mol. The van der Waals surface area contributed by atoms with E-state index in [4.69, 9.17) is 0 Å². The quantitative estimate of drug-likeness (QED) is 0.730. The van der Waals surface area contributed by atoms with Gasteiger partial charge in [-0.05, 0) is 31.6 Å². The third-order valence-electron chi connectivity index (χ3n) is 4.99. The molecule has 1 amide bonds. The van der Waals surface area contributed by atoms with Crippen LogP contribution in [0.25, 0.3) is 0 Å². The van der Waals surface area contributed by atoms with Gasteiger partial charge in [-0.15, -0.1) is 0 Å². The average molecular weight is 302 g/mol. The first-order valence-electron chi connectivity index (χ1n) is 7.01. The van der Waals surface area contributed by atoms with Crippen molar-refractivity contribution in [3.05, 3.63) is 0 Å². The maximum absolute atomic E-state index is 12.8. The molecule has 3 heteroatoms. The van der Waals surface area contributed by atoms with Crippen molar-refractivity contribution < 1.29 is 4.79 Å². The summed E-state index contributed by atoms with van der Waals surface area (Å²) < 4.78 is 0. The Balaban J connectivity index is 2.13. The summed E-state index contributed by atoms with van der Waals surface area (Å²) >= 11 is 3.58. The fourth-order valence-electron chi connectivity index (χ4n) is 3.57. The number of nitrogens with zero attached hydrogens (tertiary/aromatic N) is 1. The van der Waals surface area contributed by atoms with Crippen molar-refractivity contribution in [1.29, 1.82) is 0 Å². The Labute approximate surface area is 113 Å². The van der Waals surface area contributed by atoms with Crippen LogP contribution < -0.4 is 0 Å². The van der Waals surface area contributed by atoms with E-state index in [1.54, 1.807) is 0 Å². The smallest absolute Gasteiger partial charge is 0.229 e. The van der Waals surface area contributed by atoms with Crippen molar-refractivity contribution in [3.8, 4) is 0 Å². The van der Waals surface area contributed by atoms with E-state index in [0.29, 0.717) is 17.9 Å². The largest absolute Gasteiger partial charge is 0.338 e. The fourth-order valence-corrected chi connectivity index (χ4v) is 4.56. The Morgan fingerprint density at radius 2 is 2.06 bits per heavy atom. The zero-order valence-corrected chi connectivity index (χ0v) is 12.6. The molecule has 1 aliphatic heterocycles. The molecule has 0 aromatic carbocycles. The Bertz CT molecular complexity index is 286. The molecule has 2 unspecified atom stereocenters. The number of carbonyl (C=O) groups is 1. The number of likely N-dealkylation sites (tertiary alicyclic amines) is 1.